The summed E-state index contributed by atoms with van der Waals surface area (Å²) in [7, 11) is 0. The maximum absolute atomic E-state index is 12.9. The molecule has 0 N–H and O–H groups in total. The Kier molecular flexibility index (Phi) is 3.00. The van der Waals surface area contributed by atoms with Gasteiger partial charge in [0, 0.05) is 13.1 Å². The molecule has 108 valence electrons. The highest BCUT2D eigenvalue weighted by Crippen LogP contribution is 2.69. The van der Waals surface area contributed by atoms with Crippen LogP contribution in [0.3, 0.4) is 0 Å². The van der Waals surface area contributed by atoms with Crippen LogP contribution in [0, 0.1) is 16.2 Å². The van der Waals surface area contributed by atoms with Gasteiger partial charge in [-0.1, -0.05) is 27.2 Å². The Bertz CT molecular complexity index is 379. The third-order valence-electron chi connectivity index (χ3n) is 5.98. The van der Waals surface area contributed by atoms with E-state index < -0.39 is 0 Å². The van der Waals surface area contributed by atoms with Gasteiger partial charge in [0.25, 0.3) is 0 Å². The van der Waals surface area contributed by atoms with Crippen molar-refractivity contribution < 1.29 is 4.79 Å². The van der Waals surface area contributed by atoms with Crippen LogP contribution in [0.15, 0.2) is 0 Å². The normalized spacial score (nSPS) is 40.1. The zero-order chi connectivity index (χ0) is 13.7. The number of nitrogens with zero attached hydrogens (tertiary/aromatic N) is 1. The molecule has 2 heteroatoms. The summed E-state index contributed by atoms with van der Waals surface area (Å²) >= 11 is 0. The number of hydrogen-bond acceptors (Lipinski definition) is 1. The average molecular weight is 263 g/mol. The minimum absolute atomic E-state index is 0.0720. The van der Waals surface area contributed by atoms with Crippen molar-refractivity contribution >= 4 is 5.91 Å². The summed E-state index contributed by atoms with van der Waals surface area (Å²) in [5.74, 6) is 0.504. The van der Waals surface area contributed by atoms with Gasteiger partial charge >= 0.3 is 0 Å². The molecule has 1 heterocycles. The number of likely N-dealkylation sites (tertiary alicyclic amines) is 1. The summed E-state index contributed by atoms with van der Waals surface area (Å²) in [6.45, 7) is 8.88. The van der Waals surface area contributed by atoms with Crippen LogP contribution in [0.5, 0.6) is 0 Å². The van der Waals surface area contributed by atoms with Gasteiger partial charge in [-0.25, -0.2) is 0 Å². The minimum Gasteiger partial charge on any atom is -0.342 e. The van der Waals surface area contributed by atoms with Crippen molar-refractivity contribution in [1.82, 2.24) is 4.90 Å². The van der Waals surface area contributed by atoms with E-state index in [1.807, 2.05) is 0 Å². The number of rotatable bonds is 3. The lowest BCUT2D eigenvalue weighted by Crippen LogP contribution is -2.53. The van der Waals surface area contributed by atoms with Crippen molar-refractivity contribution in [1.29, 1.82) is 0 Å². The fourth-order valence-electron chi connectivity index (χ4n) is 5.26. The van der Waals surface area contributed by atoms with E-state index in [0.717, 1.165) is 13.1 Å². The van der Waals surface area contributed by atoms with Gasteiger partial charge in [-0.3, -0.25) is 4.79 Å². The second kappa shape index (κ2) is 4.23. The summed E-state index contributed by atoms with van der Waals surface area (Å²) in [6, 6.07) is 0. The Labute approximate surface area is 117 Å². The second-order valence-electron chi connectivity index (χ2n) is 8.38. The Morgan fingerprint density at radius 1 is 1.16 bits per heavy atom. The first-order valence-electron chi connectivity index (χ1n) is 8.20. The number of carbonyl (C=O) groups excluding carboxylic acids is 1. The van der Waals surface area contributed by atoms with Crippen LogP contribution in [0.1, 0.15) is 72.1 Å². The molecular weight excluding hydrogens is 234 g/mol. The van der Waals surface area contributed by atoms with E-state index >= 15 is 0 Å². The third kappa shape index (κ3) is 2.11. The molecule has 4 rings (SSSR count). The summed E-state index contributed by atoms with van der Waals surface area (Å²) in [5, 5.41) is 0. The van der Waals surface area contributed by atoms with Crippen LogP contribution >= 0.6 is 0 Å². The topological polar surface area (TPSA) is 20.3 Å². The predicted octanol–water partition coefficient (Wildman–Crippen LogP) is 4.00. The molecule has 2 nitrogen and oxygen atoms in total. The predicted molar refractivity (Wildman–Crippen MR) is 77.8 cm³/mol. The largest absolute Gasteiger partial charge is 0.342 e. The molecule has 0 aromatic carbocycles. The molecule has 0 atom stereocenters. The summed E-state index contributed by atoms with van der Waals surface area (Å²) in [4.78, 5) is 15.1. The third-order valence-corrected chi connectivity index (χ3v) is 5.98. The fraction of sp³-hybridized carbons (Fsp3) is 0.941. The molecule has 0 spiro atoms. The van der Waals surface area contributed by atoms with Crippen LogP contribution in [0.4, 0.5) is 0 Å². The van der Waals surface area contributed by atoms with Gasteiger partial charge in [-0.05, 0) is 55.8 Å². The first-order valence-corrected chi connectivity index (χ1v) is 8.20. The maximum atomic E-state index is 12.9. The number of amides is 1. The fourth-order valence-corrected chi connectivity index (χ4v) is 5.26. The molecule has 0 aromatic heterocycles. The number of fused-ring (bicyclic) bond motifs is 1. The maximum Gasteiger partial charge on any atom is 0.228 e. The lowest BCUT2D eigenvalue weighted by Gasteiger charge is -2.50. The minimum atomic E-state index is 0.0720. The molecule has 1 amide bonds. The van der Waals surface area contributed by atoms with E-state index in [1.165, 1.54) is 51.4 Å². The highest BCUT2D eigenvalue weighted by Gasteiger charge is 2.64. The van der Waals surface area contributed by atoms with Crippen LogP contribution in [-0.4, -0.2) is 23.9 Å². The molecule has 0 unspecified atom stereocenters. The zero-order valence-corrected chi connectivity index (χ0v) is 12.9. The molecule has 3 saturated carbocycles. The molecular formula is C17H29NO. The molecule has 19 heavy (non-hydrogen) atoms. The van der Waals surface area contributed by atoms with E-state index in [0.29, 0.717) is 16.7 Å². The van der Waals surface area contributed by atoms with Gasteiger partial charge in [0.1, 0.15) is 0 Å². The average Bonchev–Trinajstić information content (AvgIpc) is 2.83. The van der Waals surface area contributed by atoms with Gasteiger partial charge in [-0.2, -0.15) is 0 Å². The van der Waals surface area contributed by atoms with Crippen molar-refractivity contribution in [2.75, 3.05) is 13.1 Å². The quantitative estimate of drug-likeness (QED) is 0.754. The number of hydrogen-bond donors (Lipinski definition) is 0. The number of carbonyl (C=O) groups is 1. The standard InChI is InChI=1S/C17H29NO/c1-4-6-16-8-9-17(11-16,12-16)14(19)18-10-5-7-15(2,3)13-18/h4-13H2,1-3H3. The van der Waals surface area contributed by atoms with Gasteiger partial charge in [0.15, 0.2) is 0 Å². The molecule has 0 radical (unpaired) electrons. The second-order valence-corrected chi connectivity index (χ2v) is 8.38. The highest BCUT2D eigenvalue weighted by atomic mass is 16.2. The van der Waals surface area contributed by atoms with E-state index in [-0.39, 0.29) is 5.41 Å². The highest BCUT2D eigenvalue weighted by molar-refractivity contribution is 5.85. The lowest BCUT2D eigenvalue weighted by atomic mass is 9.58. The van der Waals surface area contributed by atoms with Gasteiger partial charge in [-0.15, -0.1) is 0 Å². The van der Waals surface area contributed by atoms with Crippen LogP contribution in [0.2, 0.25) is 0 Å². The van der Waals surface area contributed by atoms with E-state index in [1.54, 1.807) is 0 Å². The number of piperidine rings is 1. The first kappa shape index (κ1) is 13.5. The van der Waals surface area contributed by atoms with E-state index in [2.05, 4.69) is 25.7 Å². The van der Waals surface area contributed by atoms with E-state index in [4.69, 9.17) is 0 Å². The first-order chi connectivity index (χ1) is 8.90. The molecule has 1 aliphatic heterocycles. The van der Waals surface area contributed by atoms with Crippen molar-refractivity contribution in [2.45, 2.75) is 72.1 Å². The lowest BCUT2D eigenvalue weighted by molar-refractivity contribution is -0.153. The Balaban J connectivity index is 1.66. The zero-order valence-electron chi connectivity index (χ0n) is 12.9. The smallest absolute Gasteiger partial charge is 0.228 e. The monoisotopic (exact) mass is 263 g/mol. The van der Waals surface area contributed by atoms with Crippen molar-refractivity contribution in [3.63, 3.8) is 0 Å². The summed E-state index contributed by atoms with van der Waals surface area (Å²) in [5.41, 5.74) is 0.964. The van der Waals surface area contributed by atoms with Crippen LogP contribution in [0.25, 0.3) is 0 Å². The SMILES string of the molecule is CCCC12CCC(C(=O)N3CCCC(C)(C)C3)(C1)C2. The Hall–Kier alpha value is -0.530. The Morgan fingerprint density at radius 3 is 2.53 bits per heavy atom. The molecule has 4 fully saturated rings. The molecule has 3 aliphatic carbocycles. The molecule has 4 aliphatic rings. The van der Waals surface area contributed by atoms with Crippen molar-refractivity contribution in [3.8, 4) is 0 Å². The summed E-state index contributed by atoms with van der Waals surface area (Å²) in [6.07, 6.45) is 9.95. The Morgan fingerprint density at radius 2 is 1.89 bits per heavy atom. The van der Waals surface area contributed by atoms with Crippen molar-refractivity contribution in [2.24, 2.45) is 16.2 Å². The van der Waals surface area contributed by atoms with Crippen LogP contribution < -0.4 is 0 Å². The van der Waals surface area contributed by atoms with Crippen LogP contribution in [-0.2, 0) is 4.79 Å². The van der Waals surface area contributed by atoms with Gasteiger partial charge in [0.2, 0.25) is 5.91 Å². The van der Waals surface area contributed by atoms with Gasteiger partial charge in [0.05, 0.1) is 5.41 Å². The molecule has 1 saturated heterocycles. The summed E-state index contributed by atoms with van der Waals surface area (Å²) < 4.78 is 0. The molecule has 2 bridgehead atoms. The van der Waals surface area contributed by atoms with Crippen molar-refractivity contribution in [3.05, 3.63) is 0 Å². The van der Waals surface area contributed by atoms with E-state index in [9.17, 15) is 4.79 Å². The molecule has 0 aromatic rings. The van der Waals surface area contributed by atoms with Gasteiger partial charge < -0.3 is 4.90 Å².